The third-order valence-corrected chi connectivity index (χ3v) is 2.80. The van der Waals surface area contributed by atoms with E-state index >= 15 is 0 Å². The van der Waals surface area contributed by atoms with Crippen molar-refractivity contribution in [2.75, 3.05) is 31.3 Å². The standard InChI is InChI=1S/C15H20N4O2/c1-4-8-20-14-13(16)15(18-10-17-14)21-12-7-5-6-11(9-12)19(2)3/h5-7,9-10H,4,8,16H2,1-3H3. The molecular weight excluding hydrogens is 268 g/mol. The van der Waals surface area contributed by atoms with E-state index in [9.17, 15) is 0 Å². The van der Waals surface area contributed by atoms with Gasteiger partial charge in [0.1, 0.15) is 12.1 Å². The molecule has 0 amide bonds. The van der Waals surface area contributed by atoms with Crippen molar-refractivity contribution in [1.82, 2.24) is 9.97 Å². The SMILES string of the molecule is CCCOc1ncnc(Oc2cccc(N(C)C)c2)c1N. The Bertz CT molecular complexity index is 602. The maximum absolute atomic E-state index is 5.98. The molecule has 0 saturated carbocycles. The first-order chi connectivity index (χ1) is 10.1. The molecular formula is C15H20N4O2. The van der Waals surface area contributed by atoms with Crippen molar-refractivity contribution in [1.29, 1.82) is 0 Å². The number of nitrogens with zero attached hydrogens (tertiary/aromatic N) is 3. The van der Waals surface area contributed by atoms with Gasteiger partial charge in [-0.3, -0.25) is 0 Å². The molecule has 0 radical (unpaired) electrons. The van der Waals surface area contributed by atoms with E-state index in [1.165, 1.54) is 6.33 Å². The highest BCUT2D eigenvalue weighted by Gasteiger charge is 2.11. The molecule has 21 heavy (non-hydrogen) atoms. The van der Waals surface area contributed by atoms with Crippen LogP contribution < -0.4 is 20.1 Å². The fraction of sp³-hybridized carbons (Fsp3) is 0.333. The second-order valence-corrected chi connectivity index (χ2v) is 4.74. The van der Waals surface area contributed by atoms with Gasteiger partial charge in [0.25, 0.3) is 0 Å². The first kappa shape index (κ1) is 14.9. The molecule has 0 bridgehead atoms. The number of rotatable bonds is 6. The zero-order valence-electron chi connectivity index (χ0n) is 12.5. The van der Waals surface area contributed by atoms with Gasteiger partial charge in [0, 0.05) is 25.8 Å². The Labute approximate surface area is 124 Å². The lowest BCUT2D eigenvalue weighted by Crippen LogP contribution is -2.08. The predicted molar refractivity (Wildman–Crippen MR) is 83.1 cm³/mol. The van der Waals surface area contributed by atoms with Gasteiger partial charge >= 0.3 is 0 Å². The molecule has 1 heterocycles. The molecule has 1 aromatic heterocycles. The van der Waals surface area contributed by atoms with Crippen LogP contribution in [0.15, 0.2) is 30.6 Å². The van der Waals surface area contributed by atoms with Crippen LogP contribution >= 0.6 is 0 Å². The van der Waals surface area contributed by atoms with Gasteiger partial charge in [-0.05, 0) is 18.6 Å². The molecule has 0 saturated heterocycles. The molecule has 2 N–H and O–H groups in total. The third kappa shape index (κ3) is 3.75. The van der Waals surface area contributed by atoms with Crippen molar-refractivity contribution in [3.05, 3.63) is 30.6 Å². The summed E-state index contributed by atoms with van der Waals surface area (Å²) in [5.41, 5.74) is 7.32. The summed E-state index contributed by atoms with van der Waals surface area (Å²) in [4.78, 5) is 10.1. The van der Waals surface area contributed by atoms with Crippen LogP contribution in [0.5, 0.6) is 17.5 Å². The van der Waals surface area contributed by atoms with Crippen molar-refractivity contribution in [2.24, 2.45) is 0 Å². The van der Waals surface area contributed by atoms with Crippen LogP contribution in [0.2, 0.25) is 0 Å². The second kappa shape index (κ2) is 6.78. The number of anilines is 2. The molecule has 0 fully saturated rings. The van der Waals surface area contributed by atoms with Crippen LogP contribution in [0.25, 0.3) is 0 Å². The van der Waals surface area contributed by atoms with Gasteiger partial charge < -0.3 is 20.1 Å². The summed E-state index contributed by atoms with van der Waals surface area (Å²) in [6.07, 6.45) is 2.26. The van der Waals surface area contributed by atoms with Crippen molar-refractivity contribution in [3.8, 4) is 17.5 Å². The highest BCUT2D eigenvalue weighted by molar-refractivity contribution is 5.58. The van der Waals surface area contributed by atoms with E-state index in [1.54, 1.807) is 0 Å². The normalized spacial score (nSPS) is 10.2. The average Bonchev–Trinajstić information content (AvgIpc) is 2.48. The Balaban J connectivity index is 2.21. The number of nitrogen functional groups attached to an aromatic ring is 1. The van der Waals surface area contributed by atoms with E-state index in [1.807, 2.05) is 50.2 Å². The number of hydrogen-bond donors (Lipinski definition) is 1. The van der Waals surface area contributed by atoms with Crippen LogP contribution in [0, 0.1) is 0 Å². The van der Waals surface area contributed by atoms with Crippen LogP contribution in [0.1, 0.15) is 13.3 Å². The molecule has 112 valence electrons. The van der Waals surface area contributed by atoms with Gasteiger partial charge in [-0.2, -0.15) is 9.97 Å². The summed E-state index contributed by atoms with van der Waals surface area (Å²) in [6, 6.07) is 7.66. The molecule has 2 rings (SSSR count). The largest absolute Gasteiger partial charge is 0.476 e. The summed E-state index contributed by atoms with van der Waals surface area (Å²) in [6.45, 7) is 2.57. The Morgan fingerprint density at radius 1 is 1.19 bits per heavy atom. The molecule has 2 aromatic rings. The van der Waals surface area contributed by atoms with Crippen LogP contribution in [0.4, 0.5) is 11.4 Å². The average molecular weight is 288 g/mol. The van der Waals surface area contributed by atoms with Crippen LogP contribution in [-0.2, 0) is 0 Å². The number of aromatic nitrogens is 2. The maximum Gasteiger partial charge on any atom is 0.249 e. The lowest BCUT2D eigenvalue weighted by atomic mass is 10.3. The van der Waals surface area contributed by atoms with E-state index < -0.39 is 0 Å². The molecule has 1 aromatic carbocycles. The van der Waals surface area contributed by atoms with Crippen molar-refractivity contribution in [3.63, 3.8) is 0 Å². The number of nitrogens with two attached hydrogens (primary N) is 1. The van der Waals surface area contributed by atoms with Crippen molar-refractivity contribution >= 4 is 11.4 Å². The van der Waals surface area contributed by atoms with E-state index in [0.717, 1.165) is 12.1 Å². The minimum Gasteiger partial charge on any atom is -0.476 e. The van der Waals surface area contributed by atoms with Gasteiger partial charge in [-0.1, -0.05) is 13.0 Å². The molecule has 6 nitrogen and oxygen atoms in total. The zero-order chi connectivity index (χ0) is 15.2. The third-order valence-electron chi connectivity index (χ3n) is 2.80. The summed E-state index contributed by atoms with van der Waals surface area (Å²) in [7, 11) is 3.93. The Kier molecular flexibility index (Phi) is 4.81. The highest BCUT2D eigenvalue weighted by Crippen LogP contribution is 2.31. The fourth-order valence-corrected chi connectivity index (χ4v) is 1.70. The van der Waals surface area contributed by atoms with Crippen LogP contribution in [0.3, 0.4) is 0 Å². The van der Waals surface area contributed by atoms with Crippen LogP contribution in [-0.4, -0.2) is 30.7 Å². The molecule has 0 aliphatic rings. The summed E-state index contributed by atoms with van der Waals surface area (Å²) >= 11 is 0. The lowest BCUT2D eigenvalue weighted by molar-refractivity contribution is 0.304. The van der Waals surface area contributed by atoms with E-state index in [2.05, 4.69) is 9.97 Å². The topological polar surface area (TPSA) is 73.5 Å². The van der Waals surface area contributed by atoms with Crippen molar-refractivity contribution in [2.45, 2.75) is 13.3 Å². The van der Waals surface area contributed by atoms with Gasteiger partial charge in [-0.25, -0.2) is 0 Å². The number of hydrogen-bond acceptors (Lipinski definition) is 6. The van der Waals surface area contributed by atoms with Crippen molar-refractivity contribution < 1.29 is 9.47 Å². The minimum atomic E-state index is 0.298. The van der Waals surface area contributed by atoms with E-state index in [-0.39, 0.29) is 0 Å². The van der Waals surface area contributed by atoms with Gasteiger partial charge in [0.2, 0.25) is 11.8 Å². The molecule has 0 aliphatic carbocycles. The minimum absolute atomic E-state index is 0.298. The molecule has 6 heteroatoms. The monoisotopic (exact) mass is 288 g/mol. The van der Waals surface area contributed by atoms with E-state index in [4.69, 9.17) is 15.2 Å². The van der Waals surface area contributed by atoms with Gasteiger partial charge in [0.05, 0.1) is 6.61 Å². The van der Waals surface area contributed by atoms with Gasteiger partial charge in [-0.15, -0.1) is 0 Å². The smallest absolute Gasteiger partial charge is 0.249 e. The quantitative estimate of drug-likeness (QED) is 0.881. The zero-order valence-corrected chi connectivity index (χ0v) is 12.5. The molecule has 0 atom stereocenters. The Morgan fingerprint density at radius 2 is 1.95 bits per heavy atom. The summed E-state index contributed by atoms with van der Waals surface area (Å²) in [5.74, 6) is 1.31. The summed E-state index contributed by atoms with van der Waals surface area (Å²) in [5, 5.41) is 0. The van der Waals surface area contributed by atoms with E-state index in [0.29, 0.717) is 29.8 Å². The Hall–Kier alpha value is -2.50. The fourth-order valence-electron chi connectivity index (χ4n) is 1.70. The lowest BCUT2D eigenvalue weighted by Gasteiger charge is -2.14. The highest BCUT2D eigenvalue weighted by atomic mass is 16.5. The first-order valence-corrected chi connectivity index (χ1v) is 6.80. The molecule has 0 spiro atoms. The van der Waals surface area contributed by atoms with Gasteiger partial charge in [0.15, 0.2) is 5.69 Å². The first-order valence-electron chi connectivity index (χ1n) is 6.80. The molecule has 0 aliphatic heterocycles. The Morgan fingerprint density at radius 3 is 2.67 bits per heavy atom. The number of benzene rings is 1. The maximum atomic E-state index is 5.98. The number of ether oxygens (including phenoxy) is 2. The molecule has 0 unspecified atom stereocenters. The summed E-state index contributed by atoms with van der Waals surface area (Å²) < 4.78 is 11.2. The second-order valence-electron chi connectivity index (χ2n) is 4.74. The predicted octanol–water partition coefficient (Wildman–Crippen LogP) is 2.71.